The van der Waals surface area contributed by atoms with E-state index in [9.17, 15) is 4.79 Å². The van der Waals surface area contributed by atoms with Gasteiger partial charge in [-0.1, -0.05) is 11.6 Å². The number of aryl methyl sites for hydroxylation is 1. The minimum Gasteiger partial charge on any atom is -0.396 e. The topological polar surface area (TPSA) is 53.4 Å². The van der Waals surface area contributed by atoms with Crippen molar-refractivity contribution < 1.29 is 9.90 Å². The van der Waals surface area contributed by atoms with Crippen LogP contribution >= 0.6 is 11.6 Å². The van der Waals surface area contributed by atoms with Crippen molar-refractivity contribution in [1.82, 2.24) is 9.88 Å². The molecule has 0 atom stereocenters. The minimum atomic E-state index is -0.143. The SMILES string of the molecule is Cc1cc(Cl)c(C(=O)N(CCCO)C(C)C)cn1. The van der Waals surface area contributed by atoms with Crippen LogP contribution in [0.5, 0.6) is 0 Å². The van der Waals surface area contributed by atoms with Gasteiger partial charge >= 0.3 is 0 Å². The van der Waals surface area contributed by atoms with Crippen molar-refractivity contribution in [1.29, 1.82) is 0 Å². The molecule has 0 bridgehead atoms. The molecule has 1 N–H and O–H groups in total. The van der Waals surface area contributed by atoms with Crippen molar-refractivity contribution >= 4 is 17.5 Å². The van der Waals surface area contributed by atoms with Gasteiger partial charge in [0.05, 0.1) is 10.6 Å². The summed E-state index contributed by atoms with van der Waals surface area (Å²) in [5.41, 5.74) is 1.19. The number of aliphatic hydroxyl groups is 1. The molecule has 1 aromatic rings. The molecule has 18 heavy (non-hydrogen) atoms. The van der Waals surface area contributed by atoms with Crippen molar-refractivity contribution in [3.05, 3.63) is 28.5 Å². The number of halogens is 1. The lowest BCUT2D eigenvalue weighted by Gasteiger charge is -2.26. The first kappa shape index (κ1) is 14.9. The predicted molar refractivity (Wildman–Crippen MR) is 71.9 cm³/mol. The van der Waals surface area contributed by atoms with Crippen LogP contribution in [0.2, 0.25) is 5.02 Å². The highest BCUT2D eigenvalue weighted by Crippen LogP contribution is 2.19. The summed E-state index contributed by atoms with van der Waals surface area (Å²) in [6.07, 6.45) is 2.06. The molecule has 0 aliphatic carbocycles. The number of rotatable bonds is 5. The largest absolute Gasteiger partial charge is 0.396 e. The summed E-state index contributed by atoms with van der Waals surface area (Å²) in [5, 5.41) is 9.28. The quantitative estimate of drug-likeness (QED) is 0.893. The smallest absolute Gasteiger partial charge is 0.257 e. The van der Waals surface area contributed by atoms with E-state index in [1.807, 2.05) is 20.8 Å². The monoisotopic (exact) mass is 270 g/mol. The summed E-state index contributed by atoms with van der Waals surface area (Å²) in [4.78, 5) is 18.1. The Morgan fingerprint density at radius 2 is 2.22 bits per heavy atom. The Morgan fingerprint density at radius 3 is 2.72 bits per heavy atom. The third kappa shape index (κ3) is 3.68. The molecule has 0 fully saturated rings. The van der Waals surface area contributed by atoms with E-state index in [2.05, 4.69) is 4.98 Å². The fourth-order valence-corrected chi connectivity index (χ4v) is 1.96. The Bertz CT molecular complexity index is 421. The third-order valence-electron chi connectivity index (χ3n) is 2.66. The Kier molecular flexibility index (Phi) is 5.56. The van der Waals surface area contributed by atoms with Crippen LogP contribution in [0.25, 0.3) is 0 Å². The van der Waals surface area contributed by atoms with Crippen molar-refractivity contribution in [3.63, 3.8) is 0 Å². The molecule has 4 nitrogen and oxygen atoms in total. The highest BCUT2D eigenvalue weighted by Gasteiger charge is 2.20. The van der Waals surface area contributed by atoms with E-state index in [1.165, 1.54) is 6.20 Å². The number of hydrogen-bond acceptors (Lipinski definition) is 3. The van der Waals surface area contributed by atoms with E-state index in [1.54, 1.807) is 11.0 Å². The zero-order valence-electron chi connectivity index (χ0n) is 11.0. The van der Waals surface area contributed by atoms with E-state index in [4.69, 9.17) is 16.7 Å². The second kappa shape index (κ2) is 6.71. The van der Waals surface area contributed by atoms with Gasteiger partial charge in [-0.2, -0.15) is 0 Å². The Morgan fingerprint density at radius 1 is 1.56 bits per heavy atom. The van der Waals surface area contributed by atoms with Crippen LogP contribution in [-0.2, 0) is 0 Å². The van der Waals surface area contributed by atoms with Crippen LogP contribution in [0.4, 0.5) is 0 Å². The van der Waals surface area contributed by atoms with Crippen molar-refractivity contribution in [3.8, 4) is 0 Å². The number of nitrogens with zero attached hydrogens (tertiary/aromatic N) is 2. The number of hydrogen-bond donors (Lipinski definition) is 1. The fraction of sp³-hybridized carbons (Fsp3) is 0.538. The molecule has 1 rings (SSSR count). The van der Waals surface area contributed by atoms with Crippen LogP contribution in [0.1, 0.15) is 36.3 Å². The maximum atomic E-state index is 12.3. The maximum Gasteiger partial charge on any atom is 0.257 e. The maximum absolute atomic E-state index is 12.3. The molecule has 1 aromatic heterocycles. The molecule has 5 heteroatoms. The molecular formula is C13H19ClN2O2. The van der Waals surface area contributed by atoms with Crippen molar-refractivity contribution in [2.45, 2.75) is 33.2 Å². The first-order valence-electron chi connectivity index (χ1n) is 6.01. The summed E-state index contributed by atoms with van der Waals surface area (Å²) in [5.74, 6) is -0.143. The molecule has 0 aliphatic heterocycles. The average molecular weight is 271 g/mol. The Balaban J connectivity index is 2.94. The van der Waals surface area contributed by atoms with E-state index >= 15 is 0 Å². The van der Waals surface area contributed by atoms with Crippen molar-refractivity contribution in [2.75, 3.05) is 13.2 Å². The lowest BCUT2D eigenvalue weighted by molar-refractivity contribution is 0.0693. The van der Waals surface area contributed by atoms with Crippen LogP contribution in [0.3, 0.4) is 0 Å². The second-order valence-corrected chi connectivity index (χ2v) is 4.88. The summed E-state index contributed by atoms with van der Waals surface area (Å²) < 4.78 is 0. The van der Waals surface area contributed by atoms with E-state index in [-0.39, 0.29) is 18.6 Å². The van der Waals surface area contributed by atoms with Gasteiger partial charge < -0.3 is 10.0 Å². The van der Waals surface area contributed by atoms with E-state index in [0.717, 1.165) is 5.69 Å². The molecule has 0 unspecified atom stereocenters. The molecule has 0 aliphatic rings. The van der Waals surface area contributed by atoms with Crippen LogP contribution in [-0.4, -0.2) is 40.1 Å². The molecule has 0 saturated carbocycles. The Hall–Kier alpha value is -1.13. The van der Waals surface area contributed by atoms with Gasteiger partial charge in [0.1, 0.15) is 0 Å². The highest BCUT2D eigenvalue weighted by atomic mass is 35.5. The van der Waals surface area contributed by atoms with Crippen LogP contribution in [0.15, 0.2) is 12.3 Å². The average Bonchev–Trinajstić information content (AvgIpc) is 2.28. The highest BCUT2D eigenvalue weighted by molar-refractivity contribution is 6.33. The molecule has 0 saturated heterocycles. The molecule has 0 radical (unpaired) electrons. The molecule has 0 aromatic carbocycles. The first-order valence-corrected chi connectivity index (χ1v) is 6.39. The van der Waals surface area contributed by atoms with Gasteiger partial charge in [0.15, 0.2) is 0 Å². The van der Waals surface area contributed by atoms with Gasteiger partial charge in [0, 0.05) is 31.1 Å². The molecule has 1 heterocycles. The molecular weight excluding hydrogens is 252 g/mol. The number of pyridine rings is 1. The Labute approximate surface area is 113 Å². The summed E-state index contributed by atoms with van der Waals surface area (Å²) in [6.45, 7) is 6.27. The summed E-state index contributed by atoms with van der Waals surface area (Å²) >= 11 is 6.07. The van der Waals surface area contributed by atoms with Gasteiger partial charge in [-0.05, 0) is 33.3 Å². The lowest BCUT2D eigenvalue weighted by atomic mass is 10.2. The lowest BCUT2D eigenvalue weighted by Crippen LogP contribution is -2.38. The van der Waals surface area contributed by atoms with Crippen LogP contribution in [0, 0.1) is 6.92 Å². The fourth-order valence-electron chi connectivity index (χ4n) is 1.67. The molecule has 0 spiro atoms. The molecule has 100 valence electrons. The number of amides is 1. The molecule has 1 amide bonds. The number of aromatic nitrogens is 1. The van der Waals surface area contributed by atoms with Gasteiger partial charge in [-0.25, -0.2) is 0 Å². The summed E-state index contributed by atoms with van der Waals surface area (Å²) in [6, 6.07) is 1.74. The first-order chi connectivity index (χ1) is 8.47. The standard InChI is InChI=1S/C13H19ClN2O2/c1-9(2)16(5-4-6-17)13(18)11-8-15-10(3)7-12(11)14/h7-9,17H,4-6H2,1-3H3. The van der Waals surface area contributed by atoms with Gasteiger partial charge in [0.2, 0.25) is 0 Å². The van der Waals surface area contributed by atoms with E-state index in [0.29, 0.717) is 23.6 Å². The zero-order chi connectivity index (χ0) is 13.7. The van der Waals surface area contributed by atoms with Crippen molar-refractivity contribution in [2.24, 2.45) is 0 Å². The number of carbonyl (C=O) groups excluding carboxylic acids is 1. The minimum absolute atomic E-state index is 0.0569. The number of carbonyl (C=O) groups is 1. The zero-order valence-corrected chi connectivity index (χ0v) is 11.7. The predicted octanol–water partition coefficient (Wildman–Crippen LogP) is 2.28. The number of aliphatic hydroxyl groups excluding tert-OH is 1. The van der Waals surface area contributed by atoms with Gasteiger partial charge in [-0.15, -0.1) is 0 Å². The van der Waals surface area contributed by atoms with Gasteiger partial charge in [0.25, 0.3) is 5.91 Å². The van der Waals surface area contributed by atoms with Gasteiger partial charge in [-0.3, -0.25) is 9.78 Å². The van der Waals surface area contributed by atoms with E-state index < -0.39 is 0 Å². The normalized spacial score (nSPS) is 10.8. The van der Waals surface area contributed by atoms with Crippen LogP contribution < -0.4 is 0 Å². The second-order valence-electron chi connectivity index (χ2n) is 4.47. The summed E-state index contributed by atoms with van der Waals surface area (Å²) in [7, 11) is 0. The third-order valence-corrected chi connectivity index (χ3v) is 2.97.